The second kappa shape index (κ2) is 7.90. The highest BCUT2D eigenvalue weighted by molar-refractivity contribution is 5.97. The van der Waals surface area contributed by atoms with E-state index < -0.39 is 4.92 Å². The first-order chi connectivity index (χ1) is 14.8. The van der Waals surface area contributed by atoms with Gasteiger partial charge < -0.3 is 14.0 Å². The van der Waals surface area contributed by atoms with Crippen molar-refractivity contribution in [1.29, 1.82) is 0 Å². The Morgan fingerprint density at radius 3 is 2.58 bits per heavy atom. The number of ketones is 1. The molecule has 31 heavy (non-hydrogen) atoms. The van der Waals surface area contributed by atoms with Gasteiger partial charge in [-0.25, -0.2) is 0 Å². The summed E-state index contributed by atoms with van der Waals surface area (Å²) in [5, 5.41) is 15.4. The SMILES string of the molecule is Cc1nn(CC(=O)c2cc(C)n(C[C@H]3COc4ccccc4O3)c2C)c(C)c1[N+](=O)[O-]. The van der Waals surface area contributed by atoms with Crippen molar-refractivity contribution in [2.75, 3.05) is 6.61 Å². The van der Waals surface area contributed by atoms with Crippen molar-refractivity contribution in [3.63, 3.8) is 0 Å². The number of nitrogens with zero attached hydrogens (tertiary/aromatic N) is 4. The molecule has 0 bridgehead atoms. The summed E-state index contributed by atoms with van der Waals surface area (Å²) in [4.78, 5) is 23.8. The largest absolute Gasteiger partial charge is 0.486 e. The van der Waals surface area contributed by atoms with E-state index in [4.69, 9.17) is 9.47 Å². The summed E-state index contributed by atoms with van der Waals surface area (Å²) in [6, 6.07) is 9.39. The fourth-order valence-electron chi connectivity index (χ4n) is 4.05. The third-order valence-corrected chi connectivity index (χ3v) is 5.65. The Labute approximate surface area is 179 Å². The van der Waals surface area contributed by atoms with Gasteiger partial charge in [0.2, 0.25) is 0 Å². The van der Waals surface area contributed by atoms with Crippen LogP contribution in [-0.4, -0.2) is 37.8 Å². The van der Waals surface area contributed by atoms with Crippen LogP contribution < -0.4 is 9.47 Å². The summed E-state index contributed by atoms with van der Waals surface area (Å²) in [7, 11) is 0. The first-order valence-corrected chi connectivity index (χ1v) is 10.0. The van der Waals surface area contributed by atoms with E-state index in [2.05, 4.69) is 5.10 Å². The molecule has 162 valence electrons. The molecule has 1 atom stereocenters. The zero-order valence-electron chi connectivity index (χ0n) is 17.9. The maximum atomic E-state index is 13.0. The Bertz CT molecular complexity index is 1180. The Balaban J connectivity index is 1.53. The van der Waals surface area contributed by atoms with E-state index >= 15 is 0 Å². The van der Waals surface area contributed by atoms with Gasteiger partial charge in [0, 0.05) is 17.0 Å². The summed E-state index contributed by atoms with van der Waals surface area (Å²) < 4.78 is 15.3. The standard InChI is InChI=1S/C22H24N4O5/c1-13-9-18(19(27)11-25-16(4)22(26(28)29)14(2)23-25)15(3)24(13)10-17-12-30-20-7-5-6-8-21(20)31-17/h5-9,17H,10-12H2,1-4H3/t17-/m0/s1. The minimum absolute atomic E-state index is 0.0481. The van der Waals surface area contributed by atoms with Crippen LogP contribution in [0.5, 0.6) is 11.5 Å². The molecule has 4 rings (SSSR count). The molecular weight excluding hydrogens is 400 g/mol. The van der Waals surface area contributed by atoms with Crippen molar-refractivity contribution in [3.05, 3.63) is 68.8 Å². The van der Waals surface area contributed by atoms with Gasteiger partial charge in [-0.15, -0.1) is 0 Å². The number of aromatic nitrogens is 3. The first kappa shape index (κ1) is 20.6. The zero-order valence-corrected chi connectivity index (χ0v) is 17.9. The van der Waals surface area contributed by atoms with Gasteiger partial charge in [0.1, 0.15) is 24.5 Å². The van der Waals surface area contributed by atoms with Crippen molar-refractivity contribution in [2.45, 2.75) is 46.9 Å². The van der Waals surface area contributed by atoms with E-state index in [0.717, 1.165) is 17.1 Å². The molecule has 0 unspecified atom stereocenters. The van der Waals surface area contributed by atoms with Crippen LogP contribution in [-0.2, 0) is 13.1 Å². The van der Waals surface area contributed by atoms with Crippen LogP contribution in [0.1, 0.15) is 33.1 Å². The number of para-hydroxylation sites is 2. The molecule has 2 aromatic heterocycles. The molecule has 1 aliphatic heterocycles. The van der Waals surface area contributed by atoms with Crippen LogP contribution in [0.2, 0.25) is 0 Å². The lowest BCUT2D eigenvalue weighted by Crippen LogP contribution is -2.33. The van der Waals surface area contributed by atoms with E-state index in [1.165, 1.54) is 4.68 Å². The topological polar surface area (TPSA) is 101 Å². The van der Waals surface area contributed by atoms with Crippen LogP contribution in [0.3, 0.4) is 0 Å². The number of nitro groups is 1. The second-order valence-corrected chi connectivity index (χ2v) is 7.75. The fraction of sp³-hybridized carbons (Fsp3) is 0.364. The van der Waals surface area contributed by atoms with Crippen molar-refractivity contribution in [2.24, 2.45) is 0 Å². The number of Topliss-reactive ketones (excluding diaryl/α,β-unsaturated/α-hetero) is 1. The van der Waals surface area contributed by atoms with E-state index in [9.17, 15) is 14.9 Å². The van der Waals surface area contributed by atoms with Crippen LogP contribution in [0.15, 0.2) is 30.3 Å². The lowest BCUT2D eigenvalue weighted by Gasteiger charge is -2.27. The predicted molar refractivity (Wildman–Crippen MR) is 113 cm³/mol. The highest BCUT2D eigenvalue weighted by Gasteiger charge is 2.26. The fourth-order valence-corrected chi connectivity index (χ4v) is 4.05. The molecular formula is C22H24N4O5. The maximum Gasteiger partial charge on any atom is 0.312 e. The molecule has 3 heterocycles. The molecule has 0 spiro atoms. The number of benzene rings is 1. The number of hydrogen-bond acceptors (Lipinski definition) is 6. The zero-order chi connectivity index (χ0) is 22.3. The van der Waals surface area contributed by atoms with Crippen LogP contribution in [0, 0.1) is 37.8 Å². The highest BCUT2D eigenvalue weighted by Crippen LogP contribution is 2.31. The van der Waals surface area contributed by atoms with E-state index in [-0.39, 0.29) is 24.1 Å². The van der Waals surface area contributed by atoms with Gasteiger partial charge in [0.15, 0.2) is 23.4 Å². The smallest absolute Gasteiger partial charge is 0.312 e. The number of carbonyl (C=O) groups is 1. The minimum atomic E-state index is -0.463. The lowest BCUT2D eigenvalue weighted by molar-refractivity contribution is -0.386. The number of fused-ring (bicyclic) bond motifs is 1. The summed E-state index contributed by atoms with van der Waals surface area (Å²) >= 11 is 0. The number of rotatable bonds is 6. The molecule has 0 aliphatic carbocycles. The first-order valence-electron chi connectivity index (χ1n) is 10.0. The number of carbonyl (C=O) groups excluding carboxylic acids is 1. The van der Waals surface area contributed by atoms with Gasteiger partial charge in [-0.3, -0.25) is 19.6 Å². The third kappa shape index (κ3) is 3.78. The van der Waals surface area contributed by atoms with Gasteiger partial charge >= 0.3 is 5.69 Å². The number of hydrogen-bond donors (Lipinski definition) is 0. The molecule has 1 aromatic carbocycles. The molecule has 0 radical (unpaired) electrons. The highest BCUT2D eigenvalue weighted by atomic mass is 16.6. The molecule has 0 amide bonds. The van der Waals surface area contributed by atoms with E-state index in [1.54, 1.807) is 13.8 Å². The van der Waals surface area contributed by atoms with Gasteiger partial charge in [-0.05, 0) is 45.9 Å². The number of aryl methyl sites for hydroxylation is 2. The molecule has 0 saturated carbocycles. The third-order valence-electron chi connectivity index (χ3n) is 5.65. The molecule has 1 aliphatic rings. The molecule has 3 aromatic rings. The summed E-state index contributed by atoms with van der Waals surface area (Å²) in [5.74, 6) is 1.30. The summed E-state index contributed by atoms with van der Waals surface area (Å²) in [6.07, 6.45) is -0.179. The predicted octanol–water partition coefficient (Wildman–Crippen LogP) is 3.55. The average molecular weight is 424 g/mol. The van der Waals surface area contributed by atoms with Crippen LogP contribution >= 0.6 is 0 Å². The normalized spacial score (nSPS) is 15.2. The number of ether oxygens (including phenoxy) is 2. The minimum Gasteiger partial charge on any atom is -0.486 e. The van der Waals surface area contributed by atoms with Crippen LogP contribution in [0.25, 0.3) is 0 Å². The van der Waals surface area contributed by atoms with Gasteiger partial charge in [-0.1, -0.05) is 12.1 Å². The maximum absolute atomic E-state index is 13.0. The van der Waals surface area contributed by atoms with Crippen molar-refractivity contribution < 1.29 is 19.2 Å². The molecule has 0 saturated heterocycles. The lowest BCUT2D eigenvalue weighted by atomic mass is 10.1. The average Bonchev–Trinajstić information content (AvgIpc) is 3.17. The van der Waals surface area contributed by atoms with Crippen molar-refractivity contribution in [1.82, 2.24) is 14.3 Å². The Hall–Kier alpha value is -3.62. The van der Waals surface area contributed by atoms with E-state index in [1.807, 2.05) is 48.7 Å². The molecule has 9 heteroatoms. The summed E-state index contributed by atoms with van der Waals surface area (Å²) in [6.45, 7) is 7.92. The quantitative estimate of drug-likeness (QED) is 0.341. The van der Waals surface area contributed by atoms with E-state index in [0.29, 0.717) is 35.9 Å². The van der Waals surface area contributed by atoms with Gasteiger partial charge in [0.25, 0.3) is 0 Å². The molecule has 9 nitrogen and oxygen atoms in total. The molecule has 0 fully saturated rings. The second-order valence-electron chi connectivity index (χ2n) is 7.75. The monoisotopic (exact) mass is 424 g/mol. The van der Waals surface area contributed by atoms with Crippen molar-refractivity contribution >= 4 is 11.5 Å². The summed E-state index contributed by atoms with van der Waals surface area (Å²) in [5.41, 5.74) is 2.95. The van der Waals surface area contributed by atoms with Gasteiger partial charge in [-0.2, -0.15) is 5.10 Å². The van der Waals surface area contributed by atoms with Crippen LogP contribution in [0.4, 0.5) is 5.69 Å². The van der Waals surface area contributed by atoms with Crippen molar-refractivity contribution in [3.8, 4) is 11.5 Å². The Kier molecular flexibility index (Phi) is 5.26. The van der Waals surface area contributed by atoms with Gasteiger partial charge in [0.05, 0.1) is 11.5 Å². The Morgan fingerprint density at radius 1 is 1.19 bits per heavy atom. The Morgan fingerprint density at radius 2 is 1.90 bits per heavy atom. The molecule has 0 N–H and O–H groups in total.